The zero-order chi connectivity index (χ0) is 20.7. The highest BCUT2D eigenvalue weighted by Gasteiger charge is 2.36. The number of imidazole rings is 1. The van der Waals surface area contributed by atoms with Gasteiger partial charge in [-0.15, -0.1) is 0 Å². The van der Waals surface area contributed by atoms with Crippen LogP contribution in [0.3, 0.4) is 0 Å². The Morgan fingerprint density at radius 3 is 2.54 bits per heavy atom. The minimum absolute atomic E-state index is 0.147. The Balaban J connectivity index is 1.74. The number of fused-ring (bicyclic) bond motifs is 1. The largest absolute Gasteiger partial charge is 0.444 e. The quantitative estimate of drug-likeness (QED) is 0.607. The van der Waals surface area contributed by atoms with E-state index in [1.165, 1.54) is 23.1 Å². The molecule has 0 spiro atoms. The third-order valence-electron chi connectivity index (χ3n) is 4.46. The number of nitro benzene ring substituents is 1. The van der Waals surface area contributed by atoms with Gasteiger partial charge in [-0.05, 0) is 39.7 Å². The van der Waals surface area contributed by atoms with E-state index in [1.54, 1.807) is 20.8 Å². The standard InChI is InChI=1S/C17H22N4O6S/c1-17(2,3)27-16(22)20-8-6-12(7-9-20)28(25,26)15-18-13-5-4-11(21(23)24)10-14(13)19-15/h4-5,10,12H,6-9H2,1-3H3,(H,18,19). The fourth-order valence-corrected chi connectivity index (χ4v) is 4.68. The summed E-state index contributed by atoms with van der Waals surface area (Å²) in [6, 6.07) is 3.94. The normalized spacial score (nSPS) is 16.3. The smallest absolute Gasteiger partial charge is 0.410 e. The Hall–Kier alpha value is -2.69. The predicted molar refractivity (Wildman–Crippen MR) is 101 cm³/mol. The highest BCUT2D eigenvalue weighted by atomic mass is 32.2. The lowest BCUT2D eigenvalue weighted by Gasteiger charge is -2.32. The molecule has 3 rings (SSSR count). The number of H-pyrrole nitrogens is 1. The molecule has 0 bridgehead atoms. The van der Waals surface area contributed by atoms with Crippen LogP contribution < -0.4 is 0 Å². The number of non-ortho nitro benzene ring substituents is 1. The third kappa shape index (κ3) is 4.08. The van der Waals surface area contributed by atoms with Gasteiger partial charge < -0.3 is 14.6 Å². The molecule has 1 aliphatic rings. The summed E-state index contributed by atoms with van der Waals surface area (Å²) < 4.78 is 31.2. The topological polar surface area (TPSA) is 136 Å². The van der Waals surface area contributed by atoms with Crippen molar-refractivity contribution in [1.29, 1.82) is 0 Å². The number of nitrogens with one attached hydrogen (secondary N) is 1. The predicted octanol–water partition coefficient (Wildman–Crippen LogP) is 2.64. The fourth-order valence-electron chi connectivity index (χ4n) is 3.06. The lowest BCUT2D eigenvalue weighted by molar-refractivity contribution is -0.384. The van der Waals surface area contributed by atoms with Gasteiger partial charge in [0.25, 0.3) is 5.69 Å². The van der Waals surface area contributed by atoms with Crippen LogP contribution >= 0.6 is 0 Å². The molecule has 1 N–H and O–H groups in total. The average molecular weight is 410 g/mol. The molecule has 0 atom stereocenters. The number of sulfone groups is 1. The van der Waals surface area contributed by atoms with Crippen LogP contribution in [0.4, 0.5) is 10.5 Å². The monoisotopic (exact) mass is 410 g/mol. The van der Waals surface area contributed by atoms with Crippen LogP contribution in [0.5, 0.6) is 0 Å². The lowest BCUT2D eigenvalue weighted by Crippen LogP contribution is -2.44. The molecular formula is C17H22N4O6S. The van der Waals surface area contributed by atoms with E-state index < -0.39 is 31.7 Å². The van der Waals surface area contributed by atoms with Gasteiger partial charge in [-0.1, -0.05) is 0 Å². The average Bonchev–Trinajstić information content (AvgIpc) is 3.04. The number of nitrogens with zero attached hydrogens (tertiary/aromatic N) is 3. The SMILES string of the molecule is CC(C)(C)OC(=O)N1CCC(S(=O)(=O)c2nc3ccc([N+](=O)[O-])cc3[nH]2)CC1. The first kappa shape index (κ1) is 20.1. The Bertz CT molecular complexity index is 1020. The molecule has 152 valence electrons. The molecule has 0 aliphatic carbocycles. The van der Waals surface area contributed by atoms with Crippen LogP contribution in [0.1, 0.15) is 33.6 Å². The van der Waals surface area contributed by atoms with Crippen molar-refractivity contribution in [3.8, 4) is 0 Å². The van der Waals surface area contributed by atoms with E-state index >= 15 is 0 Å². The number of likely N-dealkylation sites (tertiary alicyclic amines) is 1. The number of rotatable bonds is 3. The molecule has 1 aromatic heterocycles. The number of piperidine rings is 1. The molecule has 2 aromatic rings. The molecule has 2 heterocycles. The van der Waals surface area contributed by atoms with Crippen LogP contribution in [-0.4, -0.2) is 58.2 Å². The van der Waals surface area contributed by atoms with E-state index in [2.05, 4.69) is 9.97 Å². The van der Waals surface area contributed by atoms with E-state index in [0.29, 0.717) is 11.0 Å². The summed E-state index contributed by atoms with van der Waals surface area (Å²) in [5.74, 6) is 0. The molecule has 11 heteroatoms. The second-order valence-electron chi connectivity index (χ2n) is 7.71. The van der Waals surface area contributed by atoms with Gasteiger partial charge in [-0.2, -0.15) is 0 Å². The van der Waals surface area contributed by atoms with Crippen LogP contribution in [0, 0.1) is 10.1 Å². The van der Waals surface area contributed by atoms with E-state index in [4.69, 9.17) is 4.74 Å². The van der Waals surface area contributed by atoms with Gasteiger partial charge in [-0.3, -0.25) is 10.1 Å². The maximum absolute atomic E-state index is 12.9. The molecule has 10 nitrogen and oxygen atoms in total. The minimum atomic E-state index is -3.76. The highest BCUT2D eigenvalue weighted by Crippen LogP contribution is 2.27. The first-order valence-electron chi connectivity index (χ1n) is 8.83. The maximum Gasteiger partial charge on any atom is 0.410 e. The van der Waals surface area contributed by atoms with Gasteiger partial charge in [0.05, 0.1) is 21.2 Å². The van der Waals surface area contributed by atoms with Crippen molar-refractivity contribution < 1.29 is 22.9 Å². The third-order valence-corrected chi connectivity index (χ3v) is 6.54. The number of carbonyl (C=O) groups is 1. The van der Waals surface area contributed by atoms with E-state index in [-0.39, 0.29) is 36.8 Å². The molecule has 28 heavy (non-hydrogen) atoms. The summed E-state index contributed by atoms with van der Waals surface area (Å²) in [4.78, 5) is 30.7. The maximum atomic E-state index is 12.9. The number of aromatic amines is 1. The van der Waals surface area contributed by atoms with Gasteiger partial charge >= 0.3 is 6.09 Å². The van der Waals surface area contributed by atoms with Crippen LogP contribution in [0.25, 0.3) is 11.0 Å². The minimum Gasteiger partial charge on any atom is -0.444 e. The number of ether oxygens (including phenoxy) is 1. The van der Waals surface area contributed by atoms with Crippen molar-refractivity contribution in [2.45, 2.75) is 49.6 Å². The first-order valence-corrected chi connectivity index (χ1v) is 10.4. The summed E-state index contributed by atoms with van der Waals surface area (Å²) in [6.07, 6.45) is 0.0664. The Kier molecular flexibility index (Phi) is 5.04. The van der Waals surface area contributed by atoms with Crippen molar-refractivity contribution in [2.24, 2.45) is 0 Å². The summed E-state index contributed by atoms with van der Waals surface area (Å²) >= 11 is 0. The number of carbonyl (C=O) groups excluding carboxylic acids is 1. The number of hydrogen-bond acceptors (Lipinski definition) is 7. The number of nitro groups is 1. The molecule has 0 unspecified atom stereocenters. The second-order valence-corrected chi connectivity index (χ2v) is 9.86. The first-order chi connectivity index (χ1) is 13.0. The molecule has 1 saturated heterocycles. The van der Waals surface area contributed by atoms with Crippen LogP contribution in [0.2, 0.25) is 0 Å². The van der Waals surface area contributed by atoms with E-state index in [9.17, 15) is 23.3 Å². The van der Waals surface area contributed by atoms with Crippen LogP contribution in [0.15, 0.2) is 23.4 Å². The number of hydrogen-bond donors (Lipinski definition) is 1. The van der Waals surface area contributed by atoms with Gasteiger partial charge in [-0.25, -0.2) is 18.2 Å². The van der Waals surface area contributed by atoms with Crippen LogP contribution in [-0.2, 0) is 14.6 Å². The van der Waals surface area contributed by atoms with Crippen molar-refractivity contribution >= 4 is 32.7 Å². The number of amides is 1. The Labute approximate surface area is 161 Å². The summed E-state index contributed by atoms with van der Waals surface area (Å²) in [7, 11) is -3.76. The second kappa shape index (κ2) is 7.04. The van der Waals surface area contributed by atoms with Gasteiger partial charge in [0, 0.05) is 25.2 Å². The molecular weight excluding hydrogens is 388 g/mol. The molecule has 1 aromatic carbocycles. The Morgan fingerprint density at radius 1 is 1.32 bits per heavy atom. The van der Waals surface area contributed by atoms with Crippen molar-refractivity contribution in [3.63, 3.8) is 0 Å². The van der Waals surface area contributed by atoms with Gasteiger partial charge in [0.1, 0.15) is 5.60 Å². The highest BCUT2D eigenvalue weighted by molar-refractivity contribution is 7.91. The molecule has 1 amide bonds. The summed E-state index contributed by atoms with van der Waals surface area (Å²) in [5.41, 5.74) is -0.128. The fraction of sp³-hybridized carbons (Fsp3) is 0.529. The summed E-state index contributed by atoms with van der Waals surface area (Å²) in [5, 5.41) is 9.98. The zero-order valence-electron chi connectivity index (χ0n) is 15.8. The van der Waals surface area contributed by atoms with E-state index in [1.807, 2.05) is 0 Å². The molecule has 0 saturated carbocycles. The van der Waals surface area contributed by atoms with E-state index in [0.717, 1.165) is 0 Å². The molecule has 1 fully saturated rings. The number of benzene rings is 1. The molecule has 0 radical (unpaired) electrons. The summed E-state index contributed by atoms with van der Waals surface area (Å²) in [6.45, 7) is 5.85. The van der Waals surface area contributed by atoms with Crippen molar-refractivity contribution in [2.75, 3.05) is 13.1 Å². The van der Waals surface area contributed by atoms with Gasteiger partial charge in [0.15, 0.2) is 0 Å². The zero-order valence-corrected chi connectivity index (χ0v) is 16.7. The van der Waals surface area contributed by atoms with Crippen molar-refractivity contribution in [3.05, 3.63) is 28.3 Å². The lowest BCUT2D eigenvalue weighted by atomic mass is 10.1. The van der Waals surface area contributed by atoms with Crippen molar-refractivity contribution in [1.82, 2.24) is 14.9 Å². The molecule has 1 aliphatic heterocycles. The number of aromatic nitrogens is 2. The Morgan fingerprint density at radius 2 is 1.96 bits per heavy atom. The van der Waals surface area contributed by atoms with Gasteiger partial charge in [0.2, 0.25) is 15.0 Å².